The molecule has 26 heavy (non-hydrogen) atoms. The molecule has 0 bridgehead atoms. The van der Waals surface area contributed by atoms with Gasteiger partial charge in [0.1, 0.15) is 0 Å². The monoisotopic (exact) mass is 360 g/mol. The van der Waals surface area contributed by atoms with Crippen molar-refractivity contribution in [2.24, 2.45) is 0 Å². The van der Waals surface area contributed by atoms with E-state index in [1.54, 1.807) is 0 Å². The molecule has 6 nitrogen and oxygen atoms in total. The molecule has 2 saturated carbocycles. The average Bonchev–Trinajstić information content (AvgIpc) is 3.36. The maximum absolute atomic E-state index is 12.0. The summed E-state index contributed by atoms with van der Waals surface area (Å²) in [6.45, 7) is 1.31. The molecule has 0 unspecified atom stereocenters. The molecule has 1 aliphatic heterocycles. The van der Waals surface area contributed by atoms with Gasteiger partial charge in [0.15, 0.2) is 11.5 Å². The fourth-order valence-electron chi connectivity index (χ4n) is 4.04. The lowest BCUT2D eigenvalue weighted by molar-refractivity contribution is -0.0716. The molecule has 1 aromatic rings. The lowest BCUT2D eigenvalue weighted by Crippen LogP contribution is -2.34. The quantitative estimate of drug-likeness (QED) is 0.746. The van der Waals surface area contributed by atoms with Crippen molar-refractivity contribution >= 4 is 11.7 Å². The van der Waals surface area contributed by atoms with E-state index in [4.69, 9.17) is 14.2 Å². The van der Waals surface area contributed by atoms with Gasteiger partial charge in [0, 0.05) is 37.7 Å². The van der Waals surface area contributed by atoms with Gasteiger partial charge >= 0.3 is 6.03 Å². The van der Waals surface area contributed by atoms with Gasteiger partial charge in [-0.2, -0.15) is 0 Å². The standard InChI is InChI=1S/C20H28N2O4/c23-19(21-12-5-13-24-16-6-1-2-7-16)22-15-8-9-17-18(14-15)26-20(25-17)10-3-4-11-20/h8-9,14,16H,1-7,10-13H2,(H2,21,22,23). The number of benzene rings is 1. The number of amides is 2. The number of carbonyl (C=O) groups excluding carboxylic acids is 1. The van der Waals surface area contributed by atoms with Gasteiger partial charge in [-0.3, -0.25) is 0 Å². The minimum Gasteiger partial charge on any atom is -0.448 e. The van der Waals surface area contributed by atoms with Crippen molar-refractivity contribution in [1.29, 1.82) is 0 Å². The molecule has 2 N–H and O–H groups in total. The van der Waals surface area contributed by atoms with Gasteiger partial charge in [-0.1, -0.05) is 12.8 Å². The Morgan fingerprint density at radius 1 is 1.12 bits per heavy atom. The first-order chi connectivity index (χ1) is 12.7. The van der Waals surface area contributed by atoms with Crippen molar-refractivity contribution in [1.82, 2.24) is 5.32 Å². The van der Waals surface area contributed by atoms with E-state index in [0.29, 0.717) is 24.9 Å². The molecule has 0 saturated heterocycles. The molecule has 142 valence electrons. The first-order valence-electron chi connectivity index (χ1n) is 9.91. The van der Waals surface area contributed by atoms with E-state index in [1.165, 1.54) is 25.7 Å². The van der Waals surface area contributed by atoms with Crippen molar-refractivity contribution in [3.8, 4) is 11.5 Å². The van der Waals surface area contributed by atoms with Crippen LogP contribution in [-0.2, 0) is 4.74 Å². The van der Waals surface area contributed by atoms with Gasteiger partial charge in [0.2, 0.25) is 0 Å². The van der Waals surface area contributed by atoms with Crippen LogP contribution in [0, 0.1) is 0 Å². The highest BCUT2D eigenvalue weighted by molar-refractivity contribution is 5.89. The maximum atomic E-state index is 12.0. The van der Waals surface area contributed by atoms with Crippen molar-refractivity contribution in [3.63, 3.8) is 0 Å². The Morgan fingerprint density at radius 2 is 1.88 bits per heavy atom. The van der Waals surface area contributed by atoms with Gasteiger partial charge < -0.3 is 24.8 Å². The van der Waals surface area contributed by atoms with E-state index < -0.39 is 5.79 Å². The van der Waals surface area contributed by atoms with Crippen LogP contribution >= 0.6 is 0 Å². The fraction of sp³-hybridized carbons (Fsp3) is 0.650. The second-order valence-electron chi connectivity index (χ2n) is 7.50. The molecular weight excluding hydrogens is 332 g/mol. The summed E-state index contributed by atoms with van der Waals surface area (Å²) in [7, 11) is 0. The minimum absolute atomic E-state index is 0.208. The Bertz CT molecular complexity index is 637. The topological polar surface area (TPSA) is 68.8 Å². The zero-order valence-electron chi connectivity index (χ0n) is 15.2. The predicted octanol–water partition coefficient (Wildman–Crippen LogP) is 4.20. The van der Waals surface area contributed by atoms with Crippen molar-refractivity contribution in [3.05, 3.63) is 18.2 Å². The van der Waals surface area contributed by atoms with Crippen LogP contribution in [0.5, 0.6) is 11.5 Å². The van der Waals surface area contributed by atoms with Crippen LogP contribution in [0.1, 0.15) is 57.8 Å². The lowest BCUT2D eigenvalue weighted by atomic mass is 10.2. The number of anilines is 1. The molecule has 2 amide bonds. The first kappa shape index (κ1) is 17.5. The number of fused-ring (bicyclic) bond motifs is 1. The summed E-state index contributed by atoms with van der Waals surface area (Å²) < 4.78 is 17.8. The third-order valence-electron chi connectivity index (χ3n) is 5.42. The van der Waals surface area contributed by atoms with Gasteiger partial charge in [-0.25, -0.2) is 4.79 Å². The zero-order chi connectivity index (χ0) is 17.8. The Morgan fingerprint density at radius 3 is 2.69 bits per heavy atom. The van der Waals surface area contributed by atoms with E-state index in [1.807, 2.05) is 18.2 Å². The number of rotatable bonds is 6. The molecule has 0 aromatic heterocycles. The highest BCUT2D eigenvalue weighted by Crippen LogP contribution is 2.47. The van der Waals surface area contributed by atoms with Crippen LogP contribution in [-0.4, -0.2) is 31.1 Å². The predicted molar refractivity (Wildman–Crippen MR) is 98.7 cm³/mol. The number of ether oxygens (including phenoxy) is 3. The summed E-state index contributed by atoms with van der Waals surface area (Å²) in [6.07, 6.45) is 10.3. The smallest absolute Gasteiger partial charge is 0.319 e. The molecule has 6 heteroatoms. The maximum Gasteiger partial charge on any atom is 0.319 e. The molecule has 2 fully saturated rings. The molecular formula is C20H28N2O4. The Labute approximate surface area is 154 Å². The zero-order valence-corrected chi connectivity index (χ0v) is 15.2. The highest BCUT2D eigenvalue weighted by Gasteiger charge is 2.44. The van der Waals surface area contributed by atoms with Gasteiger partial charge in [-0.05, 0) is 44.2 Å². The van der Waals surface area contributed by atoms with E-state index in [9.17, 15) is 4.79 Å². The third kappa shape index (κ3) is 4.06. The molecule has 2 aliphatic carbocycles. The molecule has 4 rings (SSSR count). The summed E-state index contributed by atoms with van der Waals surface area (Å²) in [5, 5.41) is 5.73. The van der Waals surface area contributed by atoms with Crippen LogP contribution in [0.4, 0.5) is 10.5 Å². The second-order valence-corrected chi connectivity index (χ2v) is 7.50. The van der Waals surface area contributed by atoms with Gasteiger partial charge in [0.05, 0.1) is 6.10 Å². The van der Waals surface area contributed by atoms with Crippen LogP contribution in [0.15, 0.2) is 18.2 Å². The second kappa shape index (κ2) is 7.74. The number of hydrogen-bond acceptors (Lipinski definition) is 4. The molecule has 1 spiro atoms. The summed E-state index contributed by atoms with van der Waals surface area (Å²) in [4.78, 5) is 12.0. The minimum atomic E-state index is -0.470. The summed E-state index contributed by atoms with van der Waals surface area (Å²) in [6, 6.07) is 5.35. The summed E-state index contributed by atoms with van der Waals surface area (Å²) in [5.41, 5.74) is 0.710. The number of nitrogens with one attached hydrogen (secondary N) is 2. The van der Waals surface area contributed by atoms with Crippen LogP contribution in [0.25, 0.3) is 0 Å². The van der Waals surface area contributed by atoms with E-state index in [-0.39, 0.29) is 6.03 Å². The number of urea groups is 1. The highest BCUT2D eigenvalue weighted by atomic mass is 16.7. The van der Waals surface area contributed by atoms with Crippen LogP contribution in [0.3, 0.4) is 0 Å². The lowest BCUT2D eigenvalue weighted by Gasteiger charge is -2.21. The average molecular weight is 360 g/mol. The molecule has 0 atom stereocenters. The normalized spacial score (nSPS) is 20.6. The van der Waals surface area contributed by atoms with Crippen molar-refractivity contribution in [2.75, 3.05) is 18.5 Å². The van der Waals surface area contributed by atoms with Gasteiger partial charge in [0.25, 0.3) is 5.79 Å². The largest absolute Gasteiger partial charge is 0.448 e. The SMILES string of the molecule is O=C(NCCCOC1CCCC1)Nc1ccc2c(c1)OC1(CCCC1)O2. The third-order valence-corrected chi connectivity index (χ3v) is 5.42. The van der Waals surface area contributed by atoms with E-state index >= 15 is 0 Å². The number of carbonyl (C=O) groups is 1. The molecule has 0 radical (unpaired) electrons. The Hall–Kier alpha value is -1.95. The Balaban J connectivity index is 1.19. The van der Waals surface area contributed by atoms with Crippen LogP contribution < -0.4 is 20.1 Å². The summed E-state index contributed by atoms with van der Waals surface area (Å²) in [5.74, 6) is 1.01. The van der Waals surface area contributed by atoms with Crippen LogP contribution in [0.2, 0.25) is 0 Å². The number of hydrogen-bond donors (Lipinski definition) is 2. The molecule has 1 aromatic carbocycles. The summed E-state index contributed by atoms with van der Waals surface area (Å²) >= 11 is 0. The first-order valence-corrected chi connectivity index (χ1v) is 9.91. The Kier molecular flexibility index (Phi) is 5.20. The van der Waals surface area contributed by atoms with Gasteiger partial charge in [-0.15, -0.1) is 0 Å². The molecule has 1 heterocycles. The fourth-order valence-corrected chi connectivity index (χ4v) is 4.04. The van der Waals surface area contributed by atoms with E-state index in [2.05, 4.69) is 10.6 Å². The van der Waals surface area contributed by atoms with Crippen molar-refractivity contribution in [2.45, 2.75) is 69.7 Å². The van der Waals surface area contributed by atoms with E-state index in [0.717, 1.165) is 43.6 Å². The van der Waals surface area contributed by atoms with Crippen molar-refractivity contribution < 1.29 is 19.0 Å². The molecule has 3 aliphatic rings.